The summed E-state index contributed by atoms with van der Waals surface area (Å²) in [6.45, 7) is 26.8. The lowest BCUT2D eigenvalue weighted by Crippen LogP contribution is -2.43. The van der Waals surface area contributed by atoms with Crippen molar-refractivity contribution in [3.63, 3.8) is 0 Å². The van der Waals surface area contributed by atoms with E-state index in [1.54, 1.807) is 90.0 Å². The van der Waals surface area contributed by atoms with Crippen LogP contribution < -0.4 is 11.5 Å². The van der Waals surface area contributed by atoms with Crippen molar-refractivity contribution in [1.82, 2.24) is 0 Å². The van der Waals surface area contributed by atoms with Gasteiger partial charge in [-0.2, -0.15) is 0 Å². The lowest BCUT2D eigenvalue weighted by molar-refractivity contribution is -0.146. The van der Waals surface area contributed by atoms with Crippen molar-refractivity contribution in [2.75, 3.05) is 0 Å². The van der Waals surface area contributed by atoms with Gasteiger partial charge in [-0.15, -0.1) is 0 Å². The molecule has 0 aliphatic heterocycles. The second-order valence-electron chi connectivity index (χ2n) is 14.0. The third-order valence-electron chi connectivity index (χ3n) is 5.90. The van der Waals surface area contributed by atoms with Gasteiger partial charge in [-0.05, 0) is 53.4 Å². The Balaban J connectivity index is -0.0000000667. The first-order valence-electron chi connectivity index (χ1n) is 18.4. The number of hydrogen-bond acceptors (Lipinski definition) is 11. The average Bonchev–Trinajstić information content (AvgIpc) is 3.08. The van der Waals surface area contributed by atoms with Gasteiger partial charge in [0.2, 0.25) is 0 Å². The molecule has 20 nitrogen and oxygen atoms in total. The van der Waals surface area contributed by atoms with Crippen LogP contribution in [0.5, 0.6) is 0 Å². The molecule has 0 aliphatic rings. The quantitative estimate of drug-likeness (QED) is 0.111. The lowest BCUT2D eigenvalue weighted by atomic mass is 9.98. The summed E-state index contributed by atoms with van der Waals surface area (Å²) in [6.07, 6.45) is 2.92. The van der Waals surface area contributed by atoms with Gasteiger partial charge >= 0.3 is 53.7 Å². The number of carbonyl (C=O) groups is 9. The molecule has 0 saturated carbocycles. The second-order valence-corrected chi connectivity index (χ2v) is 14.0. The molecule has 20 heteroatoms. The topological polar surface area (TPSA) is 388 Å². The summed E-state index contributed by atoms with van der Waals surface area (Å²) in [5.74, 6) is -7.89. The second kappa shape index (κ2) is 44.9. The van der Waals surface area contributed by atoms with E-state index in [0.717, 1.165) is 12.8 Å². The van der Waals surface area contributed by atoms with Gasteiger partial charge in [-0.25, -0.2) is 0 Å². The molecular weight excluding hydrogens is 772 g/mol. The van der Waals surface area contributed by atoms with E-state index >= 15 is 0 Å². The van der Waals surface area contributed by atoms with Crippen LogP contribution >= 0.6 is 0 Å². The molecule has 13 N–H and O–H groups in total. The highest BCUT2D eigenvalue weighted by Gasteiger charge is 2.24. The molecule has 348 valence electrons. The van der Waals surface area contributed by atoms with Crippen LogP contribution in [0.3, 0.4) is 0 Å². The van der Waals surface area contributed by atoms with E-state index in [9.17, 15) is 43.2 Å². The van der Waals surface area contributed by atoms with Crippen LogP contribution in [-0.4, -0.2) is 111 Å². The number of hydrogen-bond donors (Lipinski definition) is 11. The predicted molar refractivity (Wildman–Crippen MR) is 218 cm³/mol. The molecule has 0 bridgehead atoms. The maximum Gasteiger partial charge on any atom is 0.323 e. The zero-order chi connectivity index (χ0) is 49.3. The molecule has 3 atom stereocenters. The minimum atomic E-state index is -1.04. The molecule has 3 unspecified atom stereocenters. The van der Waals surface area contributed by atoms with Gasteiger partial charge in [0.05, 0.1) is 29.1 Å². The number of nitrogens with two attached hydrogens (primary N) is 2. The summed E-state index contributed by atoms with van der Waals surface area (Å²) in [6, 6.07) is -0.681. The third kappa shape index (κ3) is 83.9. The van der Waals surface area contributed by atoms with E-state index < -0.39 is 70.7 Å². The number of aliphatic carboxylic acids is 9. The fraction of sp³-hybridized carbons (Fsp3) is 0.763. The Morgan fingerprint density at radius 3 is 0.741 bits per heavy atom. The molecule has 0 amide bonds. The molecule has 0 aromatic carbocycles. The van der Waals surface area contributed by atoms with Crippen molar-refractivity contribution in [1.29, 1.82) is 0 Å². The molecule has 0 rings (SSSR count). The highest BCUT2D eigenvalue weighted by Crippen LogP contribution is 2.11. The van der Waals surface area contributed by atoms with E-state index in [1.165, 1.54) is 6.92 Å². The normalized spacial score (nSPS) is 11.3. The Kier molecular flexibility index (Phi) is 57.4. The molecular formula is C38H78N2O18. The number of carboxylic acids is 9. The molecule has 58 heavy (non-hydrogen) atoms. The minimum Gasteiger partial charge on any atom is -0.481 e. The van der Waals surface area contributed by atoms with Gasteiger partial charge in [0, 0.05) is 12.8 Å². The maximum absolute atomic E-state index is 10.1. The maximum atomic E-state index is 10.1. The van der Waals surface area contributed by atoms with Gasteiger partial charge in [0.25, 0.3) is 0 Å². The van der Waals surface area contributed by atoms with Crippen LogP contribution in [0.4, 0.5) is 0 Å². The third-order valence-corrected chi connectivity index (χ3v) is 5.90. The molecule has 0 aromatic rings. The summed E-state index contributed by atoms with van der Waals surface area (Å²) in [5, 5.41) is 72.4. The standard InChI is InChI=1S/C5H11NO2.2C5H10O2.C4H9NO2.4C4H8O2.C3H6O2/c1-3-5(2,6)4(7)8;1-5(2,3)4(6)7;1-3-4(2)5(6)7;1-2-3(5)4(6)7;3*1-3(2)4(5)6;1-2-3-4(5)6;1-2-3(4)5/h3,6H2,1-2H3,(H,7,8);1-3H3,(H,6,7);4H,3H2,1-2H3,(H,6,7);3H,2,5H2,1H3,(H,6,7);3*3H,1-2H3,(H,5,6);2-3H2,1H3,(H,5,6);2H2,1H3,(H,4,5). The molecule has 0 aromatic heterocycles. The molecule has 0 radical (unpaired) electrons. The summed E-state index contributed by atoms with van der Waals surface area (Å²) in [5.41, 5.74) is 8.65. The smallest absolute Gasteiger partial charge is 0.323 e. The van der Waals surface area contributed by atoms with Crippen LogP contribution in [0, 0.1) is 29.1 Å². The van der Waals surface area contributed by atoms with Crippen LogP contribution in [0.2, 0.25) is 0 Å². The van der Waals surface area contributed by atoms with E-state index in [4.69, 9.17) is 57.4 Å². The molecule has 0 fully saturated rings. The first-order valence-corrected chi connectivity index (χ1v) is 18.4. The molecule has 0 aliphatic carbocycles. The summed E-state index contributed by atoms with van der Waals surface area (Å²) < 4.78 is 0. The summed E-state index contributed by atoms with van der Waals surface area (Å²) in [7, 11) is 0. The van der Waals surface area contributed by atoms with Gasteiger partial charge in [0.1, 0.15) is 11.6 Å². The highest BCUT2D eigenvalue weighted by atomic mass is 16.4. The number of rotatable bonds is 12. The zero-order valence-corrected chi connectivity index (χ0v) is 37.5. The van der Waals surface area contributed by atoms with Gasteiger partial charge in [-0.3, -0.25) is 43.2 Å². The summed E-state index contributed by atoms with van der Waals surface area (Å²) >= 11 is 0. The van der Waals surface area contributed by atoms with Crippen LogP contribution in [0.15, 0.2) is 0 Å². The van der Waals surface area contributed by atoms with E-state index in [2.05, 4.69) is 0 Å². The van der Waals surface area contributed by atoms with Crippen molar-refractivity contribution in [2.45, 2.75) is 161 Å². The fourth-order valence-electron chi connectivity index (χ4n) is 0.714. The van der Waals surface area contributed by atoms with Crippen molar-refractivity contribution in [2.24, 2.45) is 40.6 Å². The minimum absolute atomic E-state index is 0.181. The van der Waals surface area contributed by atoms with Crippen LogP contribution in [0.25, 0.3) is 0 Å². The van der Waals surface area contributed by atoms with E-state index in [-0.39, 0.29) is 30.1 Å². The highest BCUT2D eigenvalue weighted by molar-refractivity contribution is 5.77. The number of carboxylic acid groups (broad SMARTS) is 9. The Bertz CT molecular complexity index is 1070. The molecule has 0 spiro atoms. The Hall–Kier alpha value is -4.85. The van der Waals surface area contributed by atoms with E-state index in [0.29, 0.717) is 19.3 Å². The average molecular weight is 851 g/mol. The predicted octanol–water partition coefficient (Wildman–Crippen LogP) is 5.77. The van der Waals surface area contributed by atoms with Crippen molar-refractivity contribution in [3.8, 4) is 0 Å². The van der Waals surface area contributed by atoms with Crippen LogP contribution in [-0.2, 0) is 43.2 Å². The van der Waals surface area contributed by atoms with Gasteiger partial charge < -0.3 is 57.4 Å². The SMILES string of the molecule is CC(C)(C)C(=O)O.CC(C)C(=O)O.CC(C)C(=O)O.CC(C)C(=O)O.CCC(=O)O.CCC(C)(N)C(=O)O.CCC(C)C(=O)O.CCC(N)C(=O)O.CCCC(=O)O. The molecule has 0 saturated heterocycles. The largest absolute Gasteiger partial charge is 0.481 e. The van der Waals surface area contributed by atoms with Crippen molar-refractivity contribution in [3.05, 3.63) is 0 Å². The Labute approximate surface area is 344 Å². The van der Waals surface area contributed by atoms with Gasteiger partial charge in [0.15, 0.2) is 0 Å². The van der Waals surface area contributed by atoms with E-state index in [1.807, 2.05) is 13.8 Å². The lowest BCUT2D eigenvalue weighted by Gasteiger charge is -2.14. The zero-order valence-electron chi connectivity index (χ0n) is 37.5. The fourth-order valence-corrected chi connectivity index (χ4v) is 0.714. The Morgan fingerprint density at radius 1 is 0.483 bits per heavy atom. The van der Waals surface area contributed by atoms with Crippen molar-refractivity contribution < 1.29 is 89.1 Å². The summed E-state index contributed by atoms with van der Waals surface area (Å²) in [4.78, 5) is 87.9. The monoisotopic (exact) mass is 851 g/mol. The first kappa shape index (κ1) is 74.2. The van der Waals surface area contributed by atoms with Crippen LogP contribution in [0.1, 0.15) is 149 Å². The van der Waals surface area contributed by atoms with Gasteiger partial charge in [-0.1, -0.05) is 83.1 Å². The molecule has 0 heterocycles. The first-order chi connectivity index (χ1) is 25.8. The Morgan fingerprint density at radius 2 is 0.741 bits per heavy atom. The van der Waals surface area contributed by atoms with Crippen molar-refractivity contribution >= 4 is 53.7 Å².